The van der Waals surface area contributed by atoms with Gasteiger partial charge >= 0.3 is 0 Å². The van der Waals surface area contributed by atoms with Gasteiger partial charge in [-0.2, -0.15) is 0 Å². The predicted octanol–water partition coefficient (Wildman–Crippen LogP) is 5.64. The number of hydrogen-bond donors (Lipinski definition) is 0. The second-order valence-corrected chi connectivity index (χ2v) is 7.11. The van der Waals surface area contributed by atoms with Gasteiger partial charge in [-0.05, 0) is 33.7 Å². The molecular weight excluding hydrogens is 408 g/mol. The topological polar surface area (TPSA) is 55.4 Å². The zero-order valence-corrected chi connectivity index (χ0v) is 18.6. The molecule has 4 rings (SSSR count). The van der Waals surface area contributed by atoms with Crippen molar-refractivity contribution < 1.29 is 28.4 Å². The number of benzene rings is 4. The summed E-state index contributed by atoms with van der Waals surface area (Å²) in [5, 5.41) is 3.99. The molecule has 0 amide bonds. The number of ether oxygens (including phenoxy) is 6. The highest BCUT2D eigenvalue weighted by atomic mass is 16.7. The van der Waals surface area contributed by atoms with Gasteiger partial charge in [0.1, 0.15) is 0 Å². The van der Waals surface area contributed by atoms with Crippen LogP contribution in [0.3, 0.4) is 0 Å². The van der Waals surface area contributed by atoms with Gasteiger partial charge in [0.25, 0.3) is 0 Å². The Balaban J connectivity index is 2.19. The highest BCUT2D eigenvalue weighted by Gasteiger charge is 2.25. The second-order valence-electron chi connectivity index (χ2n) is 7.11. The lowest BCUT2D eigenvalue weighted by molar-refractivity contribution is 0.0482. The van der Waals surface area contributed by atoms with E-state index < -0.39 is 0 Å². The molecule has 0 bridgehead atoms. The second kappa shape index (κ2) is 9.77. The average molecular weight is 434 g/mol. The summed E-state index contributed by atoms with van der Waals surface area (Å²) in [7, 11) is 6.42. The standard InChI is InChI=1S/C26H26O6/c1-27-15-31-25-21(29-3)13-17-9-5-7-11-19(17)23(25)24-20-12-8-6-10-18(20)14-22(30-4)26(24)32-16-28-2/h5-14H,15-16H2,1-4H3. The first-order chi connectivity index (χ1) is 15.7. The van der Waals surface area contributed by atoms with E-state index in [2.05, 4.69) is 12.1 Å². The maximum Gasteiger partial charge on any atom is 0.188 e. The minimum Gasteiger partial charge on any atom is -0.493 e. The van der Waals surface area contributed by atoms with E-state index >= 15 is 0 Å². The molecule has 0 N–H and O–H groups in total. The first-order valence-electron chi connectivity index (χ1n) is 10.2. The lowest BCUT2D eigenvalue weighted by Gasteiger charge is -2.22. The summed E-state index contributed by atoms with van der Waals surface area (Å²) in [5.41, 5.74) is 1.66. The van der Waals surface area contributed by atoms with E-state index in [1.807, 2.05) is 48.5 Å². The fraction of sp³-hybridized carbons (Fsp3) is 0.231. The minimum atomic E-state index is 0.0673. The molecule has 0 unspecified atom stereocenters. The summed E-state index contributed by atoms with van der Waals surface area (Å²) >= 11 is 0. The third-order valence-electron chi connectivity index (χ3n) is 5.27. The van der Waals surface area contributed by atoms with Crippen LogP contribution < -0.4 is 18.9 Å². The Morgan fingerprint density at radius 2 is 0.969 bits per heavy atom. The molecule has 0 spiro atoms. The Kier molecular flexibility index (Phi) is 6.63. The van der Waals surface area contributed by atoms with Gasteiger partial charge in [0, 0.05) is 25.3 Å². The van der Waals surface area contributed by atoms with Crippen LogP contribution in [0.15, 0.2) is 60.7 Å². The maximum absolute atomic E-state index is 6.08. The summed E-state index contributed by atoms with van der Waals surface area (Å²) in [6, 6.07) is 20.1. The highest BCUT2D eigenvalue weighted by Crippen LogP contribution is 2.52. The third-order valence-corrected chi connectivity index (χ3v) is 5.27. The van der Waals surface area contributed by atoms with Crippen LogP contribution in [-0.4, -0.2) is 42.0 Å². The molecule has 0 aromatic heterocycles. The molecule has 0 radical (unpaired) electrons. The van der Waals surface area contributed by atoms with Gasteiger partial charge in [0.05, 0.1) is 14.2 Å². The van der Waals surface area contributed by atoms with Crippen LogP contribution in [0.5, 0.6) is 23.0 Å². The molecule has 6 heteroatoms. The Morgan fingerprint density at radius 3 is 1.34 bits per heavy atom. The van der Waals surface area contributed by atoms with Crippen LogP contribution in [0.2, 0.25) is 0 Å². The predicted molar refractivity (Wildman–Crippen MR) is 125 cm³/mol. The largest absolute Gasteiger partial charge is 0.493 e. The van der Waals surface area contributed by atoms with Crippen molar-refractivity contribution in [3.63, 3.8) is 0 Å². The SMILES string of the molecule is COCOc1c(OC)cc2ccccc2c1-c1c(OCOC)c(OC)cc2ccccc12. The quantitative estimate of drug-likeness (QED) is 0.318. The van der Waals surface area contributed by atoms with Crippen LogP contribution in [-0.2, 0) is 9.47 Å². The zero-order chi connectivity index (χ0) is 22.5. The Morgan fingerprint density at radius 1 is 0.562 bits per heavy atom. The van der Waals surface area contributed by atoms with E-state index in [9.17, 15) is 0 Å². The summed E-state index contributed by atoms with van der Waals surface area (Å²) < 4.78 is 34.0. The van der Waals surface area contributed by atoms with Gasteiger partial charge in [-0.25, -0.2) is 0 Å². The normalized spacial score (nSPS) is 11.0. The summed E-state index contributed by atoms with van der Waals surface area (Å²) in [5.74, 6) is 2.32. The maximum atomic E-state index is 6.08. The zero-order valence-electron chi connectivity index (χ0n) is 18.6. The van der Waals surface area contributed by atoms with Gasteiger partial charge in [0.2, 0.25) is 0 Å². The number of methoxy groups -OCH3 is 4. The molecule has 166 valence electrons. The van der Waals surface area contributed by atoms with E-state index in [-0.39, 0.29) is 13.6 Å². The molecule has 6 nitrogen and oxygen atoms in total. The van der Waals surface area contributed by atoms with Crippen molar-refractivity contribution in [3.05, 3.63) is 60.7 Å². The number of hydrogen-bond acceptors (Lipinski definition) is 6. The molecule has 0 aliphatic rings. The van der Waals surface area contributed by atoms with Crippen molar-refractivity contribution in [1.82, 2.24) is 0 Å². The van der Waals surface area contributed by atoms with Crippen molar-refractivity contribution in [2.75, 3.05) is 42.0 Å². The van der Waals surface area contributed by atoms with Crippen LogP contribution in [0.25, 0.3) is 32.7 Å². The average Bonchev–Trinajstić information content (AvgIpc) is 2.84. The number of rotatable bonds is 9. The van der Waals surface area contributed by atoms with Crippen molar-refractivity contribution in [1.29, 1.82) is 0 Å². The van der Waals surface area contributed by atoms with E-state index in [1.165, 1.54) is 0 Å². The smallest absolute Gasteiger partial charge is 0.188 e. The molecule has 0 saturated carbocycles. The molecule has 0 aliphatic heterocycles. The molecule has 0 atom stereocenters. The number of fused-ring (bicyclic) bond motifs is 2. The highest BCUT2D eigenvalue weighted by molar-refractivity contribution is 6.11. The van der Waals surface area contributed by atoms with E-state index in [0.29, 0.717) is 23.0 Å². The van der Waals surface area contributed by atoms with Crippen molar-refractivity contribution in [2.24, 2.45) is 0 Å². The van der Waals surface area contributed by atoms with Crippen LogP contribution >= 0.6 is 0 Å². The first kappa shape index (κ1) is 21.7. The Bertz CT molecular complexity index is 1140. The fourth-order valence-corrected chi connectivity index (χ4v) is 3.93. The monoisotopic (exact) mass is 434 g/mol. The fourth-order valence-electron chi connectivity index (χ4n) is 3.93. The third kappa shape index (κ3) is 3.90. The van der Waals surface area contributed by atoms with Crippen molar-refractivity contribution >= 4 is 21.5 Å². The summed E-state index contributed by atoms with van der Waals surface area (Å²) in [4.78, 5) is 0. The Hall–Kier alpha value is -3.48. The molecule has 32 heavy (non-hydrogen) atoms. The molecule has 4 aromatic carbocycles. The van der Waals surface area contributed by atoms with E-state index in [1.54, 1.807) is 28.4 Å². The van der Waals surface area contributed by atoms with Gasteiger partial charge in [-0.15, -0.1) is 0 Å². The molecule has 0 heterocycles. The summed E-state index contributed by atoms with van der Waals surface area (Å²) in [6.45, 7) is 0.135. The van der Waals surface area contributed by atoms with E-state index in [4.69, 9.17) is 28.4 Å². The molecular formula is C26H26O6. The Labute approximate surface area is 187 Å². The van der Waals surface area contributed by atoms with Crippen LogP contribution in [0, 0.1) is 0 Å². The molecule has 0 aliphatic carbocycles. The first-order valence-corrected chi connectivity index (χ1v) is 10.2. The lowest BCUT2D eigenvalue weighted by Crippen LogP contribution is -2.06. The molecule has 4 aromatic rings. The van der Waals surface area contributed by atoms with Gasteiger partial charge < -0.3 is 28.4 Å². The molecule has 0 fully saturated rings. The molecule has 0 saturated heterocycles. The summed E-state index contributed by atoms with van der Waals surface area (Å²) in [6.07, 6.45) is 0. The van der Waals surface area contributed by atoms with Gasteiger partial charge in [0.15, 0.2) is 36.6 Å². The van der Waals surface area contributed by atoms with Crippen molar-refractivity contribution in [3.8, 4) is 34.1 Å². The van der Waals surface area contributed by atoms with Crippen LogP contribution in [0.1, 0.15) is 0 Å². The van der Waals surface area contributed by atoms with E-state index in [0.717, 1.165) is 32.7 Å². The van der Waals surface area contributed by atoms with Gasteiger partial charge in [-0.1, -0.05) is 48.5 Å². The van der Waals surface area contributed by atoms with Crippen molar-refractivity contribution in [2.45, 2.75) is 0 Å². The van der Waals surface area contributed by atoms with Crippen LogP contribution in [0.4, 0.5) is 0 Å². The lowest BCUT2D eigenvalue weighted by atomic mass is 9.91. The van der Waals surface area contributed by atoms with Gasteiger partial charge in [-0.3, -0.25) is 0 Å². The minimum absolute atomic E-state index is 0.0673.